The predicted octanol–water partition coefficient (Wildman–Crippen LogP) is 3.84. The third-order valence-corrected chi connectivity index (χ3v) is 3.81. The minimum absolute atomic E-state index is 0.810. The first-order valence-corrected chi connectivity index (χ1v) is 6.83. The van der Waals surface area contributed by atoms with Crippen LogP contribution in [0, 0.1) is 17.8 Å². The summed E-state index contributed by atoms with van der Waals surface area (Å²) in [6.07, 6.45) is 7.03. The van der Waals surface area contributed by atoms with Crippen molar-refractivity contribution in [2.24, 2.45) is 17.8 Å². The van der Waals surface area contributed by atoms with Gasteiger partial charge in [-0.05, 0) is 43.6 Å². The molecule has 90 valence electrons. The smallest absolute Gasteiger partial charge is 0.00698 e. The summed E-state index contributed by atoms with van der Waals surface area (Å²) in [6.45, 7) is 10.6. The van der Waals surface area contributed by atoms with E-state index in [0.29, 0.717) is 0 Å². The molecule has 0 amide bonds. The molecular formula is C14H29N. The van der Waals surface area contributed by atoms with Crippen molar-refractivity contribution in [2.75, 3.05) is 6.54 Å². The highest BCUT2D eigenvalue weighted by Gasteiger charge is 2.23. The maximum Gasteiger partial charge on any atom is 0.00698 e. The van der Waals surface area contributed by atoms with Crippen molar-refractivity contribution in [3.63, 3.8) is 0 Å². The van der Waals surface area contributed by atoms with Gasteiger partial charge in [-0.1, -0.05) is 40.5 Å². The van der Waals surface area contributed by atoms with Gasteiger partial charge in [0.2, 0.25) is 0 Å². The zero-order valence-corrected chi connectivity index (χ0v) is 11.1. The average molecular weight is 211 g/mol. The van der Waals surface area contributed by atoms with Gasteiger partial charge in [0.15, 0.2) is 0 Å². The van der Waals surface area contributed by atoms with Crippen molar-refractivity contribution in [1.82, 2.24) is 5.32 Å². The Balaban J connectivity index is 2.18. The number of hydrogen-bond acceptors (Lipinski definition) is 1. The molecular weight excluding hydrogens is 182 g/mol. The molecule has 1 nitrogen and oxygen atoms in total. The van der Waals surface area contributed by atoms with E-state index in [9.17, 15) is 0 Å². The Morgan fingerprint density at radius 2 is 1.87 bits per heavy atom. The molecule has 1 aliphatic carbocycles. The second kappa shape index (κ2) is 6.52. The highest BCUT2D eigenvalue weighted by atomic mass is 14.9. The van der Waals surface area contributed by atoms with Crippen LogP contribution in [-0.4, -0.2) is 12.6 Å². The van der Waals surface area contributed by atoms with Gasteiger partial charge in [0.25, 0.3) is 0 Å². The Hall–Kier alpha value is -0.0400. The first kappa shape index (κ1) is 13.0. The fourth-order valence-corrected chi connectivity index (χ4v) is 2.59. The van der Waals surface area contributed by atoms with Gasteiger partial charge >= 0.3 is 0 Å². The van der Waals surface area contributed by atoms with Crippen LogP contribution in [0.3, 0.4) is 0 Å². The van der Waals surface area contributed by atoms with Crippen LogP contribution in [0.1, 0.15) is 59.8 Å². The van der Waals surface area contributed by atoms with Gasteiger partial charge in [-0.15, -0.1) is 0 Å². The molecule has 0 bridgehead atoms. The van der Waals surface area contributed by atoms with Crippen LogP contribution in [0.5, 0.6) is 0 Å². The van der Waals surface area contributed by atoms with Crippen molar-refractivity contribution < 1.29 is 0 Å². The summed E-state index contributed by atoms with van der Waals surface area (Å²) in [7, 11) is 0. The molecule has 0 radical (unpaired) electrons. The van der Waals surface area contributed by atoms with Crippen molar-refractivity contribution in [3.8, 4) is 0 Å². The Kier molecular flexibility index (Phi) is 5.66. The lowest BCUT2D eigenvalue weighted by Gasteiger charge is -2.32. The van der Waals surface area contributed by atoms with Crippen molar-refractivity contribution in [3.05, 3.63) is 0 Å². The zero-order valence-electron chi connectivity index (χ0n) is 11.1. The van der Waals surface area contributed by atoms with Gasteiger partial charge in [0.1, 0.15) is 0 Å². The molecule has 0 aliphatic heterocycles. The molecule has 15 heavy (non-hydrogen) atoms. The molecule has 2 unspecified atom stereocenters. The standard InChI is InChI=1S/C14H29N/c1-11(2)8-9-15-14-7-5-6-13(10-14)12(3)4/h11-15H,5-10H2,1-4H3. The molecule has 2 atom stereocenters. The highest BCUT2D eigenvalue weighted by molar-refractivity contribution is 4.79. The lowest BCUT2D eigenvalue weighted by atomic mass is 9.79. The van der Waals surface area contributed by atoms with Crippen LogP contribution >= 0.6 is 0 Å². The molecule has 0 aromatic carbocycles. The van der Waals surface area contributed by atoms with Crippen molar-refractivity contribution in [2.45, 2.75) is 65.8 Å². The summed E-state index contributed by atoms with van der Waals surface area (Å²) in [5.74, 6) is 2.68. The van der Waals surface area contributed by atoms with E-state index >= 15 is 0 Å². The molecule has 1 rings (SSSR count). The second-order valence-corrected chi connectivity index (χ2v) is 6.00. The first-order valence-electron chi connectivity index (χ1n) is 6.83. The molecule has 0 saturated heterocycles. The van der Waals surface area contributed by atoms with E-state index in [1.54, 1.807) is 0 Å². The minimum Gasteiger partial charge on any atom is -0.314 e. The molecule has 0 aromatic rings. The van der Waals surface area contributed by atoms with E-state index in [0.717, 1.165) is 23.8 Å². The SMILES string of the molecule is CC(C)CCNC1CCCC(C(C)C)C1. The maximum absolute atomic E-state index is 3.74. The number of hydrogen-bond donors (Lipinski definition) is 1. The predicted molar refractivity (Wildman–Crippen MR) is 68.0 cm³/mol. The second-order valence-electron chi connectivity index (χ2n) is 6.00. The van der Waals surface area contributed by atoms with E-state index < -0.39 is 0 Å². The monoisotopic (exact) mass is 211 g/mol. The quantitative estimate of drug-likeness (QED) is 0.728. The normalized spacial score (nSPS) is 27.6. The van der Waals surface area contributed by atoms with E-state index in [-0.39, 0.29) is 0 Å². The van der Waals surface area contributed by atoms with Crippen LogP contribution in [0.4, 0.5) is 0 Å². The van der Waals surface area contributed by atoms with Crippen LogP contribution in [0.25, 0.3) is 0 Å². The summed E-state index contributed by atoms with van der Waals surface area (Å²) in [6, 6.07) is 0.810. The van der Waals surface area contributed by atoms with Crippen molar-refractivity contribution in [1.29, 1.82) is 0 Å². The lowest BCUT2D eigenvalue weighted by molar-refractivity contribution is 0.230. The summed E-state index contributed by atoms with van der Waals surface area (Å²) in [4.78, 5) is 0. The van der Waals surface area contributed by atoms with Crippen LogP contribution in [0.15, 0.2) is 0 Å². The fourth-order valence-electron chi connectivity index (χ4n) is 2.59. The molecule has 0 heterocycles. The van der Waals surface area contributed by atoms with Crippen LogP contribution < -0.4 is 5.32 Å². The van der Waals surface area contributed by atoms with E-state index in [1.807, 2.05) is 0 Å². The summed E-state index contributed by atoms with van der Waals surface area (Å²) < 4.78 is 0. The Morgan fingerprint density at radius 1 is 1.13 bits per heavy atom. The van der Waals surface area contributed by atoms with Gasteiger partial charge in [0, 0.05) is 6.04 Å². The summed E-state index contributed by atoms with van der Waals surface area (Å²) in [5.41, 5.74) is 0. The largest absolute Gasteiger partial charge is 0.314 e. The van der Waals surface area contributed by atoms with Crippen LogP contribution in [0.2, 0.25) is 0 Å². The average Bonchev–Trinajstić information content (AvgIpc) is 2.17. The van der Waals surface area contributed by atoms with Gasteiger partial charge < -0.3 is 5.32 Å². The Bertz CT molecular complexity index is 163. The molecule has 0 spiro atoms. The zero-order chi connectivity index (χ0) is 11.3. The number of rotatable bonds is 5. The Labute approximate surface area is 96.0 Å². The van der Waals surface area contributed by atoms with E-state index in [4.69, 9.17) is 0 Å². The molecule has 1 heteroatoms. The van der Waals surface area contributed by atoms with E-state index in [1.165, 1.54) is 38.6 Å². The molecule has 1 fully saturated rings. The lowest BCUT2D eigenvalue weighted by Crippen LogP contribution is -2.36. The third-order valence-electron chi connectivity index (χ3n) is 3.81. The summed E-state index contributed by atoms with van der Waals surface area (Å²) in [5, 5.41) is 3.74. The fraction of sp³-hybridized carbons (Fsp3) is 1.00. The van der Waals surface area contributed by atoms with Gasteiger partial charge in [-0.2, -0.15) is 0 Å². The molecule has 1 N–H and O–H groups in total. The third kappa shape index (κ3) is 5.01. The Morgan fingerprint density at radius 3 is 2.47 bits per heavy atom. The van der Waals surface area contributed by atoms with Gasteiger partial charge in [0.05, 0.1) is 0 Å². The summed E-state index contributed by atoms with van der Waals surface area (Å²) >= 11 is 0. The molecule has 1 saturated carbocycles. The highest BCUT2D eigenvalue weighted by Crippen LogP contribution is 2.29. The number of nitrogens with one attached hydrogen (secondary N) is 1. The molecule has 1 aliphatic rings. The molecule has 0 aromatic heterocycles. The van der Waals surface area contributed by atoms with Gasteiger partial charge in [-0.3, -0.25) is 0 Å². The van der Waals surface area contributed by atoms with Gasteiger partial charge in [-0.25, -0.2) is 0 Å². The van der Waals surface area contributed by atoms with E-state index in [2.05, 4.69) is 33.0 Å². The first-order chi connectivity index (χ1) is 7.09. The minimum atomic E-state index is 0.810. The van der Waals surface area contributed by atoms with Crippen molar-refractivity contribution >= 4 is 0 Å². The topological polar surface area (TPSA) is 12.0 Å². The van der Waals surface area contributed by atoms with Crippen LogP contribution in [-0.2, 0) is 0 Å². The maximum atomic E-state index is 3.74.